The number of amides is 1. The Hall–Kier alpha value is -3.90. The molecule has 0 fully saturated rings. The number of carbonyl (C=O) groups excluding carboxylic acids is 2. The van der Waals surface area contributed by atoms with E-state index in [2.05, 4.69) is 15.3 Å². The van der Waals surface area contributed by atoms with Gasteiger partial charge in [0.25, 0.3) is 5.56 Å². The van der Waals surface area contributed by atoms with E-state index in [0.29, 0.717) is 16.8 Å². The molecule has 3 aromatic rings. The van der Waals surface area contributed by atoms with E-state index in [0.717, 1.165) is 11.8 Å². The number of aromatic amines is 1. The summed E-state index contributed by atoms with van der Waals surface area (Å²) in [5.41, 5.74) is 1.02. The Morgan fingerprint density at radius 1 is 1.19 bits per heavy atom. The zero-order valence-corrected chi connectivity index (χ0v) is 17.4. The summed E-state index contributed by atoms with van der Waals surface area (Å²) in [7, 11) is 0. The number of ether oxygens (including phenoxy) is 1. The van der Waals surface area contributed by atoms with Crippen molar-refractivity contribution in [2.24, 2.45) is 0 Å². The van der Waals surface area contributed by atoms with E-state index < -0.39 is 11.5 Å². The maximum atomic E-state index is 12.3. The summed E-state index contributed by atoms with van der Waals surface area (Å²) in [6.45, 7) is 1.97. The zero-order chi connectivity index (χ0) is 22.2. The first kappa shape index (κ1) is 21.8. The fraction of sp³-hybridized carbons (Fsp3) is 0.136. The molecule has 156 valence electrons. The van der Waals surface area contributed by atoms with Gasteiger partial charge in [-0.25, -0.2) is 9.78 Å². The van der Waals surface area contributed by atoms with Crippen molar-refractivity contribution in [1.82, 2.24) is 9.97 Å². The number of hydrogen-bond acceptors (Lipinski definition) is 7. The molecule has 1 heterocycles. The highest BCUT2D eigenvalue weighted by atomic mass is 32.2. The van der Waals surface area contributed by atoms with Gasteiger partial charge >= 0.3 is 5.97 Å². The molecule has 9 heteroatoms. The SMILES string of the molecule is CCOC(=O)c1cccc(NC(=O)CSc2nc(-c3ccccc3)c(C#N)c(=O)[nH]2)c1. The third kappa shape index (κ3) is 5.58. The normalized spacial score (nSPS) is 10.2. The van der Waals surface area contributed by atoms with Crippen LogP contribution < -0.4 is 10.9 Å². The largest absolute Gasteiger partial charge is 0.462 e. The molecule has 31 heavy (non-hydrogen) atoms. The first-order valence-corrected chi connectivity index (χ1v) is 10.3. The van der Waals surface area contributed by atoms with Crippen molar-refractivity contribution >= 4 is 29.3 Å². The summed E-state index contributed by atoms with van der Waals surface area (Å²) >= 11 is 1.03. The van der Waals surface area contributed by atoms with Crippen LogP contribution in [0.15, 0.2) is 64.5 Å². The van der Waals surface area contributed by atoms with Crippen LogP contribution in [0.4, 0.5) is 5.69 Å². The Kier molecular flexibility index (Phi) is 7.19. The van der Waals surface area contributed by atoms with Crippen LogP contribution in [0.5, 0.6) is 0 Å². The number of H-pyrrole nitrogens is 1. The molecule has 0 unspecified atom stereocenters. The van der Waals surface area contributed by atoms with Crippen molar-refractivity contribution in [3.05, 3.63) is 76.1 Å². The van der Waals surface area contributed by atoms with Gasteiger partial charge in [-0.3, -0.25) is 9.59 Å². The van der Waals surface area contributed by atoms with Crippen molar-refractivity contribution < 1.29 is 14.3 Å². The summed E-state index contributed by atoms with van der Waals surface area (Å²) in [4.78, 5) is 43.3. The van der Waals surface area contributed by atoms with Crippen molar-refractivity contribution in [2.75, 3.05) is 17.7 Å². The average Bonchev–Trinajstić information content (AvgIpc) is 2.78. The summed E-state index contributed by atoms with van der Waals surface area (Å²) in [5.74, 6) is -0.854. The third-order valence-corrected chi connectivity index (χ3v) is 4.93. The first-order chi connectivity index (χ1) is 15.0. The number of anilines is 1. The molecule has 3 rings (SSSR count). The molecule has 0 saturated carbocycles. The topological polar surface area (TPSA) is 125 Å². The van der Waals surface area contributed by atoms with Crippen LogP contribution in [0.1, 0.15) is 22.8 Å². The Balaban J connectivity index is 1.72. The maximum absolute atomic E-state index is 12.3. The quantitative estimate of drug-likeness (QED) is 0.332. The first-order valence-electron chi connectivity index (χ1n) is 9.31. The van der Waals surface area contributed by atoms with Gasteiger partial charge in [0.1, 0.15) is 11.6 Å². The smallest absolute Gasteiger partial charge is 0.338 e. The van der Waals surface area contributed by atoms with Gasteiger partial charge in [-0.1, -0.05) is 48.2 Å². The number of nitriles is 1. The fourth-order valence-electron chi connectivity index (χ4n) is 2.70. The van der Waals surface area contributed by atoms with Crippen LogP contribution in [-0.4, -0.2) is 34.2 Å². The molecule has 8 nitrogen and oxygen atoms in total. The minimum Gasteiger partial charge on any atom is -0.462 e. The summed E-state index contributed by atoms with van der Waals surface area (Å²) in [5, 5.41) is 12.2. The molecular weight excluding hydrogens is 416 g/mol. The molecule has 2 aromatic carbocycles. The summed E-state index contributed by atoms with van der Waals surface area (Å²) in [6, 6.07) is 17.2. The maximum Gasteiger partial charge on any atom is 0.338 e. The minimum atomic E-state index is -0.568. The van der Waals surface area contributed by atoms with Crippen LogP contribution in [0, 0.1) is 11.3 Å². The molecule has 0 aliphatic heterocycles. The highest BCUT2D eigenvalue weighted by Gasteiger charge is 2.15. The van der Waals surface area contributed by atoms with Gasteiger partial charge in [0.15, 0.2) is 5.16 Å². The molecule has 0 atom stereocenters. The van der Waals surface area contributed by atoms with E-state index in [1.54, 1.807) is 49.4 Å². The molecule has 2 N–H and O–H groups in total. The lowest BCUT2D eigenvalue weighted by Gasteiger charge is -2.08. The Labute approximate surface area is 182 Å². The minimum absolute atomic E-state index is 0.0350. The molecule has 1 aromatic heterocycles. The van der Waals surface area contributed by atoms with Crippen molar-refractivity contribution in [3.63, 3.8) is 0 Å². The van der Waals surface area contributed by atoms with E-state index in [1.165, 1.54) is 6.07 Å². The highest BCUT2D eigenvalue weighted by Crippen LogP contribution is 2.22. The Morgan fingerprint density at radius 3 is 2.68 bits per heavy atom. The second-order valence-corrected chi connectivity index (χ2v) is 7.17. The number of benzene rings is 2. The third-order valence-electron chi connectivity index (χ3n) is 4.05. The number of aromatic nitrogens is 2. The predicted molar refractivity (Wildman–Crippen MR) is 117 cm³/mol. The number of carbonyl (C=O) groups is 2. The molecule has 0 spiro atoms. The van der Waals surface area contributed by atoms with Gasteiger partial charge in [0.2, 0.25) is 5.91 Å². The van der Waals surface area contributed by atoms with Gasteiger partial charge < -0.3 is 15.0 Å². The summed E-state index contributed by atoms with van der Waals surface area (Å²) < 4.78 is 4.95. The van der Waals surface area contributed by atoms with Crippen LogP contribution in [0.2, 0.25) is 0 Å². The Morgan fingerprint density at radius 2 is 1.97 bits per heavy atom. The number of thioether (sulfide) groups is 1. The number of esters is 1. The molecule has 1 amide bonds. The van der Waals surface area contributed by atoms with Crippen LogP contribution in [0.25, 0.3) is 11.3 Å². The van der Waals surface area contributed by atoms with E-state index in [4.69, 9.17) is 4.74 Å². The van der Waals surface area contributed by atoms with Gasteiger partial charge in [-0.05, 0) is 25.1 Å². The van der Waals surface area contributed by atoms with Crippen molar-refractivity contribution in [1.29, 1.82) is 5.26 Å². The van der Waals surface area contributed by atoms with E-state index in [1.807, 2.05) is 12.1 Å². The average molecular weight is 434 g/mol. The van der Waals surface area contributed by atoms with Gasteiger partial charge in [0.05, 0.1) is 23.6 Å². The molecule has 0 bridgehead atoms. The predicted octanol–water partition coefficient (Wildman–Crippen LogP) is 3.22. The molecule has 0 aliphatic carbocycles. The van der Waals surface area contributed by atoms with Gasteiger partial charge in [-0.15, -0.1) is 0 Å². The Bertz CT molecular complexity index is 1200. The molecular formula is C22H18N4O4S. The molecule has 0 saturated heterocycles. The number of nitrogens with zero attached hydrogens (tertiary/aromatic N) is 2. The van der Waals surface area contributed by atoms with Crippen LogP contribution in [-0.2, 0) is 9.53 Å². The zero-order valence-electron chi connectivity index (χ0n) is 16.5. The highest BCUT2D eigenvalue weighted by molar-refractivity contribution is 7.99. The van der Waals surface area contributed by atoms with E-state index in [9.17, 15) is 19.6 Å². The second-order valence-electron chi connectivity index (χ2n) is 6.21. The second kappa shape index (κ2) is 10.2. The monoisotopic (exact) mass is 434 g/mol. The van der Waals surface area contributed by atoms with Crippen molar-refractivity contribution in [3.8, 4) is 17.3 Å². The van der Waals surface area contributed by atoms with E-state index >= 15 is 0 Å². The number of rotatable bonds is 7. The van der Waals surface area contributed by atoms with Crippen LogP contribution >= 0.6 is 11.8 Å². The number of hydrogen-bond donors (Lipinski definition) is 2. The van der Waals surface area contributed by atoms with E-state index in [-0.39, 0.29) is 34.7 Å². The fourth-order valence-corrected chi connectivity index (χ4v) is 3.36. The van der Waals surface area contributed by atoms with Crippen molar-refractivity contribution in [2.45, 2.75) is 12.1 Å². The van der Waals surface area contributed by atoms with Gasteiger partial charge in [0, 0.05) is 11.3 Å². The molecule has 0 aliphatic rings. The summed E-state index contributed by atoms with van der Waals surface area (Å²) in [6.07, 6.45) is 0. The lowest BCUT2D eigenvalue weighted by Crippen LogP contribution is -2.17. The molecule has 0 radical (unpaired) electrons. The lowest BCUT2D eigenvalue weighted by molar-refractivity contribution is -0.113. The van der Waals surface area contributed by atoms with Crippen LogP contribution in [0.3, 0.4) is 0 Å². The standard InChI is InChI=1S/C22H18N4O4S/c1-2-30-21(29)15-9-6-10-16(11-15)24-18(27)13-31-22-25-19(14-7-4-3-5-8-14)17(12-23)20(28)26-22/h3-11H,2,13H2,1H3,(H,24,27)(H,25,26,28). The number of nitrogens with one attached hydrogen (secondary N) is 2. The lowest BCUT2D eigenvalue weighted by atomic mass is 10.1. The van der Waals surface area contributed by atoms with Gasteiger partial charge in [-0.2, -0.15) is 5.26 Å².